The van der Waals surface area contributed by atoms with Gasteiger partial charge in [0.25, 0.3) is 0 Å². The lowest BCUT2D eigenvalue weighted by Gasteiger charge is -2.32. The van der Waals surface area contributed by atoms with Crippen LogP contribution in [0.2, 0.25) is 5.02 Å². The van der Waals surface area contributed by atoms with Gasteiger partial charge in [-0.3, -0.25) is 4.98 Å². The molecule has 5 nitrogen and oxygen atoms in total. The lowest BCUT2D eigenvalue weighted by molar-refractivity contribution is 0.428. The van der Waals surface area contributed by atoms with Crippen molar-refractivity contribution >= 4 is 28.6 Å². The number of benzene rings is 1. The summed E-state index contributed by atoms with van der Waals surface area (Å²) >= 11 is 6.12. The van der Waals surface area contributed by atoms with Gasteiger partial charge in [-0.25, -0.2) is 4.39 Å². The third-order valence-corrected chi connectivity index (χ3v) is 5.30. The number of aliphatic hydroxyl groups is 1. The Morgan fingerprint density at radius 3 is 2.80 bits per heavy atom. The molecule has 4 rings (SSSR count). The fourth-order valence-electron chi connectivity index (χ4n) is 3.63. The molecule has 2 N–H and O–H groups in total. The summed E-state index contributed by atoms with van der Waals surface area (Å²) in [5.74, 6) is 0.464. The molecule has 3 heterocycles. The van der Waals surface area contributed by atoms with Gasteiger partial charge in [-0.15, -0.1) is 0 Å². The zero-order valence-corrected chi connectivity index (χ0v) is 16.7. The molecular weight excluding hydrogens is 403 g/mol. The van der Waals surface area contributed by atoms with E-state index in [-0.39, 0.29) is 19.0 Å². The summed E-state index contributed by atoms with van der Waals surface area (Å²) < 4.78 is 14.6. The van der Waals surface area contributed by atoms with E-state index in [1.54, 1.807) is 18.3 Å². The molecule has 156 valence electrons. The molecule has 0 spiro atoms. The van der Waals surface area contributed by atoms with Gasteiger partial charge in [0.15, 0.2) is 0 Å². The van der Waals surface area contributed by atoms with Gasteiger partial charge in [-0.2, -0.15) is 0 Å². The van der Waals surface area contributed by atoms with Crippen LogP contribution in [0.3, 0.4) is 0 Å². The van der Waals surface area contributed by atoms with Crippen LogP contribution in [-0.2, 0) is 0 Å². The molecule has 1 aromatic heterocycles. The summed E-state index contributed by atoms with van der Waals surface area (Å²) in [6.07, 6.45) is 5.02. The Morgan fingerprint density at radius 2 is 2.07 bits per heavy atom. The lowest BCUT2D eigenvalue weighted by atomic mass is 9.98. The van der Waals surface area contributed by atoms with Crippen molar-refractivity contribution in [1.29, 1.82) is 0 Å². The smallest absolute Gasteiger partial charge is 0.133 e. The van der Waals surface area contributed by atoms with Gasteiger partial charge in [-0.1, -0.05) is 32.2 Å². The zero-order valence-electron chi connectivity index (χ0n) is 15.9. The largest absolute Gasteiger partial charge is 0.508 e. The average Bonchev–Trinajstić information content (AvgIpc) is 3.09. The minimum Gasteiger partial charge on any atom is -0.508 e. The van der Waals surface area contributed by atoms with Crippen molar-refractivity contribution in [2.75, 3.05) is 25.5 Å². The van der Waals surface area contributed by atoms with Crippen LogP contribution in [-0.4, -0.2) is 40.0 Å². The molecule has 2 aliphatic heterocycles. The number of hydrogen-bond acceptors (Lipinski definition) is 5. The summed E-state index contributed by atoms with van der Waals surface area (Å²) in [6, 6.07) is 6.22. The van der Waals surface area contributed by atoms with Crippen molar-refractivity contribution in [2.24, 2.45) is 0 Å². The van der Waals surface area contributed by atoms with E-state index in [4.69, 9.17) is 11.6 Å². The molecule has 1 saturated heterocycles. The predicted octanol–water partition coefficient (Wildman–Crippen LogP) is 5.48. The highest BCUT2D eigenvalue weighted by atomic mass is 35.5. The van der Waals surface area contributed by atoms with Crippen molar-refractivity contribution < 1.29 is 9.50 Å². The number of hydrogen-bond donors (Lipinski definition) is 2. The zero-order chi connectivity index (χ0) is 20.7. The van der Waals surface area contributed by atoms with Crippen LogP contribution >= 0.6 is 11.6 Å². The maximum atomic E-state index is 14.6. The lowest BCUT2D eigenvalue weighted by Crippen LogP contribution is -2.28. The Labute approximate surface area is 181 Å². The van der Waals surface area contributed by atoms with E-state index < -0.39 is 0 Å². The number of likely N-dealkylation sites (N-methyl/N-ethyl adjacent to an activating group) is 1. The number of pyridine rings is 1. The summed E-state index contributed by atoms with van der Waals surface area (Å²) in [4.78, 5) is 8.19. The van der Waals surface area contributed by atoms with E-state index in [1.165, 1.54) is 18.3 Å². The molecule has 0 saturated carbocycles. The number of nitrogens with one attached hydrogen (secondary N) is 1. The van der Waals surface area contributed by atoms with E-state index in [0.717, 1.165) is 24.6 Å². The summed E-state index contributed by atoms with van der Waals surface area (Å²) in [7, 11) is 1.99. The number of fused-ring (bicyclic) bond motifs is 1. The molecule has 7 heteroatoms. The van der Waals surface area contributed by atoms with Gasteiger partial charge in [0.05, 0.1) is 16.9 Å². The minimum atomic E-state index is -0.370. The molecule has 2 aliphatic rings. The Kier molecular flexibility index (Phi) is 5.89. The molecular formula is C23H24ClFN4O. The highest BCUT2D eigenvalue weighted by molar-refractivity contribution is 6.30. The van der Waals surface area contributed by atoms with Crippen LogP contribution in [0.15, 0.2) is 73.1 Å². The first-order chi connectivity index (χ1) is 13.9. The van der Waals surface area contributed by atoms with Crippen molar-refractivity contribution in [1.82, 2.24) is 14.8 Å². The minimum absolute atomic E-state index is 0. The van der Waals surface area contributed by atoms with Gasteiger partial charge in [0.2, 0.25) is 0 Å². The van der Waals surface area contributed by atoms with Crippen LogP contribution in [0.5, 0.6) is 0 Å². The number of rotatable bonds is 4. The number of nitrogens with zero attached hydrogens (tertiary/aromatic N) is 3. The fourth-order valence-corrected chi connectivity index (χ4v) is 3.80. The molecule has 30 heavy (non-hydrogen) atoms. The van der Waals surface area contributed by atoms with Gasteiger partial charge >= 0.3 is 0 Å². The topological polar surface area (TPSA) is 51.6 Å². The van der Waals surface area contributed by atoms with Crippen LogP contribution in [0.25, 0.3) is 11.3 Å². The SMILES string of the molecule is C.C=C(O)c1cnccc1NC1=C2N(C)CCN2C(=C)C(c2cc(Cl)ccc2F)=C1. The van der Waals surface area contributed by atoms with Crippen molar-refractivity contribution in [3.8, 4) is 0 Å². The molecule has 0 atom stereocenters. The maximum absolute atomic E-state index is 14.6. The highest BCUT2D eigenvalue weighted by Crippen LogP contribution is 2.39. The molecule has 0 radical (unpaired) electrons. The second kappa shape index (κ2) is 8.24. The van der Waals surface area contributed by atoms with E-state index in [2.05, 4.69) is 28.4 Å². The first-order valence-electron chi connectivity index (χ1n) is 9.05. The average molecular weight is 427 g/mol. The number of aromatic nitrogens is 1. The number of halogens is 2. The van der Waals surface area contributed by atoms with Crippen molar-refractivity contribution in [3.63, 3.8) is 0 Å². The van der Waals surface area contributed by atoms with Gasteiger partial charge in [0.1, 0.15) is 17.4 Å². The van der Waals surface area contributed by atoms with E-state index in [9.17, 15) is 9.50 Å². The monoisotopic (exact) mass is 426 g/mol. The van der Waals surface area contributed by atoms with Crippen LogP contribution < -0.4 is 5.32 Å². The van der Waals surface area contributed by atoms with E-state index in [0.29, 0.717) is 33.1 Å². The molecule has 2 aromatic rings. The van der Waals surface area contributed by atoms with Crippen molar-refractivity contribution in [3.05, 3.63) is 95.1 Å². The molecule has 0 bridgehead atoms. The first kappa shape index (κ1) is 21.5. The Morgan fingerprint density at radius 1 is 1.30 bits per heavy atom. The Balaban J connectivity index is 0.00000256. The summed E-state index contributed by atoms with van der Waals surface area (Å²) in [6.45, 7) is 9.33. The molecule has 1 aromatic carbocycles. The highest BCUT2D eigenvalue weighted by Gasteiger charge is 2.33. The number of allylic oxidation sites excluding steroid dienone is 2. The van der Waals surface area contributed by atoms with Crippen molar-refractivity contribution in [2.45, 2.75) is 7.43 Å². The quantitative estimate of drug-likeness (QED) is 0.634. The normalized spacial score (nSPS) is 15.6. The molecule has 0 aliphatic carbocycles. The summed E-state index contributed by atoms with van der Waals surface area (Å²) in [5.41, 5.74) is 3.62. The molecule has 0 amide bonds. The first-order valence-corrected chi connectivity index (χ1v) is 9.43. The van der Waals surface area contributed by atoms with E-state index >= 15 is 0 Å². The van der Waals surface area contributed by atoms with Gasteiger partial charge in [0, 0.05) is 54.4 Å². The van der Waals surface area contributed by atoms with Crippen LogP contribution in [0.4, 0.5) is 10.1 Å². The maximum Gasteiger partial charge on any atom is 0.133 e. The third-order valence-electron chi connectivity index (χ3n) is 5.06. The van der Waals surface area contributed by atoms with Gasteiger partial charge in [-0.05, 0) is 30.3 Å². The predicted molar refractivity (Wildman–Crippen MR) is 121 cm³/mol. The second-order valence-electron chi connectivity index (χ2n) is 6.93. The standard InChI is InChI=1S/C22H20ClFN4O.CH4/c1-13-16(17-10-15(23)4-5-19(17)24)11-21(22-27(3)8-9-28(13)22)26-20-6-7-25-12-18(20)14(2)29;/h4-7,10-12,29H,1-2,8-9H2,3H3,(H,25,26);1H4. The molecule has 0 unspecified atom stereocenters. The van der Waals surface area contributed by atoms with Crippen LogP contribution in [0, 0.1) is 5.82 Å². The number of anilines is 1. The van der Waals surface area contributed by atoms with Crippen LogP contribution in [0.1, 0.15) is 18.6 Å². The van der Waals surface area contributed by atoms with E-state index in [1.807, 2.05) is 18.0 Å². The second-order valence-corrected chi connectivity index (χ2v) is 7.37. The number of aliphatic hydroxyl groups excluding tert-OH is 1. The Hall–Kier alpha value is -3.25. The third kappa shape index (κ3) is 3.66. The Bertz CT molecular complexity index is 1090. The molecule has 1 fully saturated rings. The summed E-state index contributed by atoms with van der Waals surface area (Å²) in [5, 5.41) is 13.7. The fraction of sp³-hybridized carbons (Fsp3) is 0.174. The van der Waals surface area contributed by atoms with Gasteiger partial charge < -0.3 is 20.2 Å².